The Balaban J connectivity index is 1.61. The molecule has 0 unspecified atom stereocenters. The van der Waals surface area contributed by atoms with E-state index in [2.05, 4.69) is 39.2 Å². The molecule has 2 amide bonds. The molecule has 1 aliphatic carbocycles. The van der Waals surface area contributed by atoms with Crippen LogP contribution in [0, 0.1) is 5.92 Å². The molecule has 1 aromatic heterocycles. The Bertz CT molecular complexity index is 546. The molecule has 3 rings (SSSR count). The van der Waals surface area contributed by atoms with Crippen molar-refractivity contribution in [3.05, 3.63) is 11.6 Å². The van der Waals surface area contributed by atoms with Gasteiger partial charge in [-0.2, -0.15) is 0 Å². The van der Waals surface area contributed by atoms with E-state index in [4.69, 9.17) is 0 Å². The van der Waals surface area contributed by atoms with E-state index >= 15 is 0 Å². The van der Waals surface area contributed by atoms with Crippen LogP contribution < -0.4 is 10.6 Å². The fraction of sp³-hybridized carbons (Fsp3) is 0.833. The third kappa shape index (κ3) is 4.08. The van der Waals surface area contributed by atoms with Crippen LogP contribution in [-0.4, -0.2) is 26.8 Å². The number of hydrogen-bond acceptors (Lipinski definition) is 3. The lowest BCUT2D eigenvalue weighted by Gasteiger charge is -2.25. The molecule has 2 N–H and O–H groups in total. The highest BCUT2D eigenvalue weighted by Crippen LogP contribution is 2.24. The van der Waals surface area contributed by atoms with E-state index in [1.54, 1.807) is 0 Å². The van der Waals surface area contributed by atoms with Crippen molar-refractivity contribution >= 4 is 6.03 Å². The Morgan fingerprint density at radius 3 is 2.50 bits per heavy atom. The molecular formula is C18H31N5O. The maximum Gasteiger partial charge on any atom is 0.315 e. The highest BCUT2D eigenvalue weighted by molar-refractivity contribution is 5.74. The van der Waals surface area contributed by atoms with Crippen LogP contribution in [0.5, 0.6) is 0 Å². The SMILES string of the molecule is CC(C)[C@H](NC(=O)NC1CCCCCCC1)c1nnc2n1CCC2. The fourth-order valence-corrected chi connectivity index (χ4v) is 3.90. The lowest BCUT2D eigenvalue weighted by atomic mass is 9.97. The lowest BCUT2D eigenvalue weighted by Crippen LogP contribution is -2.45. The first-order valence-electron chi connectivity index (χ1n) is 9.64. The maximum absolute atomic E-state index is 12.5. The van der Waals surface area contributed by atoms with E-state index in [0.29, 0.717) is 6.04 Å². The summed E-state index contributed by atoms with van der Waals surface area (Å²) in [6, 6.07) is 0.162. The van der Waals surface area contributed by atoms with Gasteiger partial charge in [-0.25, -0.2) is 4.79 Å². The smallest absolute Gasteiger partial charge is 0.315 e. The summed E-state index contributed by atoms with van der Waals surface area (Å²) < 4.78 is 2.18. The minimum atomic E-state index is -0.0853. The Morgan fingerprint density at radius 2 is 1.79 bits per heavy atom. The normalized spacial score (nSPS) is 20.3. The van der Waals surface area contributed by atoms with Gasteiger partial charge in [-0.15, -0.1) is 10.2 Å². The second-order valence-electron chi connectivity index (χ2n) is 7.61. The van der Waals surface area contributed by atoms with E-state index in [-0.39, 0.29) is 18.0 Å². The van der Waals surface area contributed by atoms with E-state index in [0.717, 1.165) is 43.9 Å². The molecule has 1 atom stereocenters. The second kappa shape index (κ2) is 7.99. The fourth-order valence-electron chi connectivity index (χ4n) is 3.90. The minimum absolute atomic E-state index is 0.0605. The van der Waals surface area contributed by atoms with Gasteiger partial charge in [0.2, 0.25) is 0 Å². The number of urea groups is 1. The van der Waals surface area contributed by atoms with Crippen LogP contribution in [0.2, 0.25) is 0 Å². The average molecular weight is 333 g/mol. The number of nitrogens with zero attached hydrogens (tertiary/aromatic N) is 3. The summed E-state index contributed by atoms with van der Waals surface area (Å²) in [5.74, 6) is 2.24. The van der Waals surface area contributed by atoms with E-state index in [9.17, 15) is 4.79 Å². The van der Waals surface area contributed by atoms with Crippen molar-refractivity contribution in [2.75, 3.05) is 0 Å². The summed E-state index contributed by atoms with van der Waals surface area (Å²) in [6.07, 6.45) is 10.7. The molecule has 2 heterocycles. The molecule has 1 aliphatic heterocycles. The number of aromatic nitrogens is 3. The molecule has 6 nitrogen and oxygen atoms in total. The van der Waals surface area contributed by atoms with Crippen molar-refractivity contribution in [3.63, 3.8) is 0 Å². The number of rotatable bonds is 4. The van der Waals surface area contributed by atoms with Gasteiger partial charge in [-0.3, -0.25) is 0 Å². The summed E-state index contributed by atoms with van der Waals surface area (Å²) in [6.45, 7) is 5.21. The standard InChI is InChI=1S/C18H31N5O/c1-13(2)16(17-22-21-15-11-8-12-23(15)17)20-18(24)19-14-9-6-4-3-5-7-10-14/h13-14,16H,3-12H2,1-2H3,(H2,19,20,24)/t16-/m0/s1. The number of fused-ring (bicyclic) bond motifs is 1. The topological polar surface area (TPSA) is 71.8 Å². The Hall–Kier alpha value is -1.59. The molecule has 1 saturated carbocycles. The molecule has 0 bridgehead atoms. The number of aryl methyl sites for hydroxylation is 1. The zero-order valence-corrected chi connectivity index (χ0v) is 15.1. The van der Waals surface area contributed by atoms with Gasteiger partial charge in [0.05, 0.1) is 6.04 Å². The van der Waals surface area contributed by atoms with Crippen molar-refractivity contribution in [1.29, 1.82) is 0 Å². The van der Waals surface area contributed by atoms with Crippen molar-refractivity contribution in [1.82, 2.24) is 25.4 Å². The summed E-state index contributed by atoms with van der Waals surface area (Å²) in [5, 5.41) is 15.0. The van der Waals surface area contributed by atoms with Crippen LogP contribution in [0.15, 0.2) is 0 Å². The molecule has 2 aliphatic rings. The van der Waals surface area contributed by atoms with Crippen LogP contribution >= 0.6 is 0 Å². The quantitative estimate of drug-likeness (QED) is 0.888. The molecule has 134 valence electrons. The monoisotopic (exact) mass is 333 g/mol. The molecule has 1 aromatic rings. The van der Waals surface area contributed by atoms with E-state index < -0.39 is 0 Å². The van der Waals surface area contributed by atoms with Gasteiger partial charge < -0.3 is 15.2 Å². The minimum Gasteiger partial charge on any atom is -0.335 e. The molecule has 0 aromatic carbocycles. The first-order chi connectivity index (χ1) is 11.6. The maximum atomic E-state index is 12.5. The Kier molecular flexibility index (Phi) is 5.74. The van der Waals surface area contributed by atoms with Gasteiger partial charge in [-0.05, 0) is 25.2 Å². The third-order valence-electron chi connectivity index (χ3n) is 5.31. The van der Waals surface area contributed by atoms with Gasteiger partial charge in [0.15, 0.2) is 5.82 Å². The predicted octanol–water partition coefficient (Wildman–Crippen LogP) is 3.33. The molecule has 0 spiro atoms. The molecule has 24 heavy (non-hydrogen) atoms. The average Bonchev–Trinajstić information content (AvgIpc) is 3.10. The molecule has 0 radical (unpaired) electrons. The van der Waals surface area contributed by atoms with Crippen LogP contribution in [0.4, 0.5) is 4.79 Å². The number of carbonyl (C=O) groups excluding carboxylic acids is 1. The third-order valence-corrected chi connectivity index (χ3v) is 5.31. The van der Waals surface area contributed by atoms with Crippen LogP contribution in [0.3, 0.4) is 0 Å². The van der Waals surface area contributed by atoms with Crippen molar-refractivity contribution in [2.24, 2.45) is 5.92 Å². The van der Waals surface area contributed by atoms with Crippen molar-refractivity contribution in [3.8, 4) is 0 Å². The highest BCUT2D eigenvalue weighted by atomic mass is 16.2. The van der Waals surface area contributed by atoms with Crippen molar-refractivity contribution in [2.45, 2.75) is 90.3 Å². The van der Waals surface area contributed by atoms with Gasteiger partial charge in [0, 0.05) is 19.0 Å². The predicted molar refractivity (Wildman–Crippen MR) is 93.7 cm³/mol. The van der Waals surface area contributed by atoms with Gasteiger partial charge in [0.25, 0.3) is 0 Å². The lowest BCUT2D eigenvalue weighted by molar-refractivity contribution is 0.224. The zero-order chi connectivity index (χ0) is 16.9. The summed E-state index contributed by atoms with van der Waals surface area (Å²) >= 11 is 0. The number of nitrogens with one attached hydrogen (secondary N) is 2. The molecule has 0 saturated heterocycles. The van der Waals surface area contributed by atoms with Crippen LogP contribution in [0.25, 0.3) is 0 Å². The first-order valence-corrected chi connectivity index (χ1v) is 9.64. The van der Waals surface area contributed by atoms with Crippen molar-refractivity contribution < 1.29 is 4.79 Å². The molecular weight excluding hydrogens is 302 g/mol. The van der Waals surface area contributed by atoms with Crippen LogP contribution in [-0.2, 0) is 13.0 Å². The molecule has 1 fully saturated rings. The Morgan fingerprint density at radius 1 is 1.08 bits per heavy atom. The zero-order valence-electron chi connectivity index (χ0n) is 15.1. The first kappa shape index (κ1) is 17.2. The van der Waals surface area contributed by atoms with Gasteiger partial charge in [-0.1, -0.05) is 46.0 Å². The number of hydrogen-bond donors (Lipinski definition) is 2. The number of amides is 2. The van der Waals surface area contributed by atoms with Gasteiger partial charge in [0.1, 0.15) is 5.82 Å². The van der Waals surface area contributed by atoms with E-state index in [1.165, 1.54) is 32.1 Å². The van der Waals surface area contributed by atoms with Crippen LogP contribution in [0.1, 0.15) is 82.9 Å². The summed E-state index contributed by atoms with van der Waals surface area (Å²) in [7, 11) is 0. The largest absolute Gasteiger partial charge is 0.335 e. The summed E-state index contributed by atoms with van der Waals surface area (Å²) in [5.41, 5.74) is 0. The highest BCUT2D eigenvalue weighted by Gasteiger charge is 2.28. The Labute approximate surface area is 144 Å². The van der Waals surface area contributed by atoms with E-state index in [1.807, 2.05) is 0 Å². The number of carbonyl (C=O) groups is 1. The molecule has 6 heteroatoms. The van der Waals surface area contributed by atoms with Gasteiger partial charge >= 0.3 is 6.03 Å². The summed E-state index contributed by atoms with van der Waals surface area (Å²) in [4.78, 5) is 12.5. The second-order valence-corrected chi connectivity index (χ2v) is 7.61.